The third kappa shape index (κ3) is 4.83. The maximum absolute atomic E-state index is 13.7. The molecule has 3 nitrogen and oxygen atoms in total. The Balaban J connectivity index is 1.44. The number of halogens is 6. The molecule has 1 aliphatic carbocycles. The summed E-state index contributed by atoms with van der Waals surface area (Å²) in [6, 6.07) is 19.5. The molecular formula is C34H36F6NO2+. The number of hydrogen-bond acceptors (Lipinski definition) is 2. The van der Waals surface area contributed by atoms with Crippen molar-refractivity contribution in [3.63, 3.8) is 0 Å². The predicted octanol–water partition coefficient (Wildman–Crippen LogP) is 8.61. The maximum atomic E-state index is 13.7. The topological polar surface area (TPSA) is 18.5 Å². The smallest absolute Gasteiger partial charge is 0.416 e. The van der Waals surface area contributed by atoms with Crippen LogP contribution in [-0.2, 0) is 35.8 Å². The van der Waals surface area contributed by atoms with Crippen molar-refractivity contribution in [2.24, 2.45) is 17.8 Å². The van der Waals surface area contributed by atoms with E-state index in [1.807, 2.05) is 42.5 Å². The molecule has 9 heteroatoms. The van der Waals surface area contributed by atoms with Crippen molar-refractivity contribution in [3.05, 3.63) is 101 Å². The zero-order valence-electron chi connectivity index (χ0n) is 24.4. The molecule has 6 atom stereocenters. The molecule has 43 heavy (non-hydrogen) atoms. The van der Waals surface area contributed by atoms with E-state index in [-0.39, 0.29) is 29.7 Å². The molecule has 6 rings (SSSR count). The number of alkyl halides is 6. The summed E-state index contributed by atoms with van der Waals surface area (Å²) in [5.41, 5.74) is -1.79. The van der Waals surface area contributed by atoms with Gasteiger partial charge in [-0.15, -0.1) is 0 Å². The van der Waals surface area contributed by atoms with Crippen molar-refractivity contribution in [1.82, 2.24) is 0 Å². The van der Waals surface area contributed by atoms with E-state index in [9.17, 15) is 26.3 Å². The number of rotatable bonds is 7. The molecule has 3 fully saturated rings. The Morgan fingerprint density at radius 3 is 2.05 bits per heavy atom. The fraction of sp³-hybridized carbons (Fsp3) is 0.471. The summed E-state index contributed by atoms with van der Waals surface area (Å²) in [5, 5.41) is 0. The van der Waals surface area contributed by atoms with Crippen molar-refractivity contribution in [2.45, 2.75) is 63.3 Å². The minimum Gasteiger partial charge on any atom is -0.497 e. The summed E-state index contributed by atoms with van der Waals surface area (Å²) in [4.78, 5) is 0. The lowest BCUT2D eigenvalue weighted by atomic mass is 9.73. The van der Waals surface area contributed by atoms with Gasteiger partial charge in [-0.1, -0.05) is 37.3 Å². The van der Waals surface area contributed by atoms with Crippen LogP contribution in [0.3, 0.4) is 0 Å². The van der Waals surface area contributed by atoms with Crippen molar-refractivity contribution < 1.29 is 40.3 Å². The highest BCUT2D eigenvalue weighted by atomic mass is 19.4. The molecule has 2 saturated heterocycles. The molecule has 1 saturated carbocycles. The third-order valence-electron chi connectivity index (χ3n) is 10.7. The molecule has 0 spiro atoms. The SMILES string of the molecule is COc1ccc(C[N@@+]23C[C@@H](C)[C@@H]4CC[C@@H]([C@@]42C)[C@@](OCc2cc(C(F)(F)F)cc(C(F)(F)F)c2)(c2ccccc2)C3)cc1. The van der Waals surface area contributed by atoms with Crippen LogP contribution < -0.4 is 4.74 Å². The van der Waals surface area contributed by atoms with Gasteiger partial charge in [-0.05, 0) is 73.4 Å². The molecular weight excluding hydrogens is 568 g/mol. The summed E-state index contributed by atoms with van der Waals surface area (Å²) in [6.45, 7) is 6.52. The van der Waals surface area contributed by atoms with Gasteiger partial charge in [-0.3, -0.25) is 0 Å². The molecule has 3 aromatic rings. The van der Waals surface area contributed by atoms with Crippen LogP contribution in [0.25, 0.3) is 0 Å². The van der Waals surface area contributed by atoms with Crippen LogP contribution >= 0.6 is 0 Å². The van der Waals surface area contributed by atoms with Gasteiger partial charge in [0.15, 0.2) is 5.60 Å². The molecule has 0 bridgehead atoms. The highest BCUT2D eigenvalue weighted by Gasteiger charge is 2.78. The number of benzene rings is 3. The first-order valence-electron chi connectivity index (χ1n) is 14.7. The molecule has 0 amide bonds. The lowest BCUT2D eigenvalue weighted by Gasteiger charge is -2.43. The standard InChI is InChI=1S/C34H36F6NO2/c1-22-18-41(19-23-9-11-28(42-3)12-10-23)21-32(25-7-5-4-6-8-25,30-14-13-29(22)31(30,41)2)43-20-24-15-26(33(35,36)37)17-27(16-24)34(38,39)40/h4-12,15-17,22,29-30H,13-14,18-21H2,1-3H3/q+1/t22-,29+,30+,31-,32+,41-/m1/s1. The molecule has 2 heterocycles. The lowest BCUT2D eigenvalue weighted by molar-refractivity contribution is -0.968. The monoisotopic (exact) mass is 604 g/mol. The normalized spacial score (nSPS) is 31.8. The Hall–Kier alpha value is -3.04. The van der Waals surface area contributed by atoms with E-state index in [1.165, 1.54) is 0 Å². The van der Waals surface area contributed by atoms with E-state index in [0.717, 1.165) is 59.4 Å². The number of nitrogens with zero attached hydrogens (tertiary/aromatic N) is 1. The zero-order chi connectivity index (χ0) is 30.8. The first-order chi connectivity index (χ1) is 20.2. The van der Waals surface area contributed by atoms with Crippen LogP contribution in [0.2, 0.25) is 0 Å². The Kier molecular flexibility index (Phi) is 7.16. The van der Waals surface area contributed by atoms with Gasteiger partial charge in [0, 0.05) is 17.4 Å². The first-order valence-corrected chi connectivity index (χ1v) is 14.7. The Morgan fingerprint density at radius 2 is 1.47 bits per heavy atom. The Morgan fingerprint density at radius 1 is 0.837 bits per heavy atom. The number of ether oxygens (including phenoxy) is 2. The molecule has 230 valence electrons. The molecule has 0 aromatic heterocycles. The highest BCUT2D eigenvalue weighted by Crippen LogP contribution is 2.68. The summed E-state index contributed by atoms with van der Waals surface area (Å²) in [5.74, 6) is 1.70. The van der Waals surface area contributed by atoms with E-state index >= 15 is 0 Å². The van der Waals surface area contributed by atoms with E-state index < -0.39 is 29.1 Å². The minimum atomic E-state index is -4.92. The molecule has 3 aromatic carbocycles. The van der Waals surface area contributed by atoms with E-state index in [4.69, 9.17) is 9.47 Å². The molecule has 0 N–H and O–H groups in total. The van der Waals surface area contributed by atoms with Gasteiger partial charge >= 0.3 is 12.4 Å². The summed E-state index contributed by atoms with van der Waals surface area (Å²) >= 11 is 0. The second-order valence-electron chi connectivity index (χ2n) is 12.9. The van der Waals surface area contributed by atoms with Gasteiger partial charge in [0.25, 0.3) is 0 Å². The van der Waals surface area contributed by atoms with Gasteiger partial charge < -0.3 is 14.0 Å². The van der Waals surface area contributed by atoms with Crippen molar-refractivity contribution >= 4 is 0 Å². The van der Waals surface area contributed by atoms with Crippen LogP contribution in [0.1, 0.15) is 54.5 Å². The van der Waals surface area contributed by atoms with Crippen LogP contribution in [0, 0.1) is 17.8 Å². The second kappa shape index (κ2) is 10.3. The van der Waals surface area contributed by atoms with Gasteiger partial charge in [0.1, 0.15) is 24.4 Å². The van der Waals surface area contributed by atoms with Crippen molar-refractivity contribution in [3.8, 4) is 5.75 Å². The Labute approximate surface area is 248 Å². The van der Waals surface area contributed by atoms with Crippen molar-refractivity contribution in [2.75, 3.05) is 20.2 Å². The maximum Gasteiger partial charge on any atom is 0.416 e. The van der Waals surface area contributed by atoms with Gasteiger partial charge in [-0.25, -0.2) is 0 Å². The number of hydrogen-bond donors (Lipinski definition) is 0. The number of methoxy groups -OCH3 is 1. The molecule has 3 aliphatic rings. The van der Waals surface area contributed by atoms with Gasteiger partial charge in [-0.2, -0.15) is 26.3 Å². The average Bonchev–Trinajstić information content (AvgIpc) is 3.51. The quantitative estimate of drug-likeness (QED) is 0.199. The largest absolute Gasteiger partial charge is 0.497 e. The summed E-state index contributed by atoms with van der Waals surface area (Å²) in [6.07, 6.45) is -7.96. The van der Waals surface area contributed by atoms with Gasteiger partial charge in [0.05, 0.1) is 37.3 Å². The predicted molar refractivity (Wildman–Crippen MR) is 150 cm³/mol. The zero-order valence-corrected chi connectivity index (χ0v) is 24.4. The van der Waals surface area contributed by atoms with Crippen LogP contribution in [0.4, 0.5) is 26.3 Å². The van der Waals surface area contributed by atoms with Crippen LogP contribution in [-0.4, -0.2) is 30.2 Å². The molecule has 0 unspecified atom stereocenters. The fourth-order valence-corrected chi connectivity index (χ4v) is 9.04. The van der Waals surface area contributed by atoms with E-state index in [2.05, 4.69) is 26.0 Å². The minimum absolute atomic E-state index is 0.0310. The first kappa shape index (κ1) is 30.0. The van der Waals surface area contributed by atoms with Crippen molar-refractivity contribution in [1.29, 1.82) is 0 Å². The summed E-state index contributed by atoms with van der Waals surface area (Å²) < 4.78 is 94.9. The Bertz CT molecular complexity index is 1440. The number of quaternary nitrogens is 1. The fourth-order valence-electron chi connectivity index (χ4n) is 9.04. The summed E-state index contributed by atoms with van der Waals surface area (Å²) in [7, 11) is 1.63. The van der Waals surface area contributed by atoms with Crippen LogP contribution in [0.15, 0.2) is 72.8 Å². The van der Waals surface area contributed by atoms with Crippen LogP contribution in [0.5, 0.6) is 5.75 Å². The highest BCUT2D eigenvalue weighted by molar-refractivity contribution is 5.35. The lowest BCUT2D eigenvalue weighted by Crippen LogP contribution is -2.57. The molecule has 2 aliphatic heterocycles. The second-order valence-corrected chi connectivity index (χ2v) is 12.9. The van der Waals surface area contributed by atoms with E-state index in [0.29, 0.717) is 18.4 Å². The third-order valence-corrected chi connectivity index (χ3v) is 10.7. The van der Waals surface area contributed by atoms with E-state index in [1.54, 1.807) is 7.11 Å². The molecule has 0 radical (unpaired) electrons. The average molecular weight is 605 g/mol. The van der Waals surface area contributed by atoms with Gasteiger partial charge in [0.2, 0.25) is 0 Å².